The lowest BCUT2D eigenvalue weighted by atomic mass is 9.79. The summed E-state index contributed by atoms with van der Waals surface area (Å²) in [5, 5.41) is 9.03. The van der Waals surface area contributed by atoms with Gasteiger partial charge in [-0.25, -0.2) is 4.79 Å². The van der Waals surface area contributed by atoms with Gasteiger partial charge in [-0.2, -0.15) is 0 Å². The molecule has 0 radical (unpaired) electrons. The fraction of sp³-hybridized carbons (Fsp3) is 0.333. The van der Waals surface area contributed by atoms with Gasteiger partial charge >= 0.3 is 5.97 Å². The van der Waals surface area contributed by atoms with Crippen molar-refractivity contribution >= 4 is 17.4 Å². The molecule has 1 saturated heterocycles. The van der Waals surface area contributed by atoms with Crippen molar-refractivity contribution in [1.82, 2.24) is 0 Å². The van der Waals surface area contributed by atoms with E-state index in [2.05, 4.69) is 0 Å². The van der Waals surface area contributed by atoms with Gasteiger partial charge in [0.25, 0.3) is 0 Å². The molecule has 0 saturated carbocycles. The number of aliphatic hydroxyl groups is 1. The van der Waals surface area contributed by atoms with Gasteiger partial charge in [0.2, 0.25) is 0 Å². The SMILES string of the molecule is CCCN(c1ccccc1)C1C(=O)CC(CCc2ccccc2)(c2ccc(OCCO)cc2)OC1=O. The van der Waals surface area contributed by atoms with E-state index in [1.165, 1.54) is 0 Å². The number of carbonyl (C=O) groups excluding carboxylic acids is 2. The minimum atomic E-state index is -1.06. The summed E-state index contributed by atoms with van der Waals surface area (Å²) in [6.45, 7) is 2.72. The quantitative estimate of drug-likeness (QED) is 0.313. The van der Waals surface area contributed by atoms with Crippen LogP contribution in [0.15, 0.2) is 84.9 Å². The fourth-order valence-corrected chi connectivity index (χ4v) is 4.82. The van der Waals surface area contributed by atoms with Gasteiger partial charge in [0, 0.05) is 12.2 Å². The molecule has 6 heteroatoms. The normalized spacial score (nSPS) is 19.6. The molecule has 6 nitrogen and oxygen atoms in total. The van der Waals surface area contributed by atoms with Crippen molar-refractivity contribution in [2.75, 3.05) is 24.7 Å². The van der Waals surface area contributed by atoms with Crippen LogP contribution < -0.4 is 9.64 Å². The molecule has 0 aliphatic carbocycles. The molecule has 1 N–H and O–H groups in total. The van der Waals surface area contributed by atoms with E-state index in [0.717, 1.165) is 23.2 Å². The first-order chi connectivity index (χ1) is 17.6. The number of para-hydroxylation sites is 1. The van der Waals surface area contributed by atoms with Gasteiger partial charge in [-0.05, 0) is 54.7 Å². The van der Waals surface area contributed by atoms with Crippen molar-refractivity contribution in [3.8, 4) is 5.75 Å². The summed E-state index contributed by atoms with van der Waals surface area (Å²) in [7, 11) is 0. The van der Waals surface area contributed by atoms with Crippen molar-refractivity contribution in [3.05, 3.63) is 96.1 Å². The third-order valence-corrected chi connectivity index (χ3v) is 6.55. The van der Waals surface area contributed by atoms with Gasteiger partial charge in [-0.1, -0.05) is 67.6 Å². The molecule has 2 unspecified atom stereocenters. The summed E-state index contributed by atoms with van der Waals surface area (Å²) in [5.74, 6) is -0.0509. The Labute approximate surface area is 212 Å². The van der Waals surface area contributed by atoms with Gasteiger partial charge < -0.3 is 19.5 Å². The summed E-state index contributed by atoms with van der Waals surface area (Å²) in [4.78, 5) is 29.1. The van der Waals surface area contributed by atoms with Gasteiger partial charge in [-0.15, -0.1) is 0 Å². The van der Waals surface area contributed by atoms with E-state index in [0.29, 0.717) is 25.1 Å². The average Bonchev–Trinajstić information content (AvgIpc) is 2.91. The van der Waals surface area contributed by atoms with Gasteiger partial charge in [0.1, 0.15) is 18.0 Å². The number of hydrogen-bond acceptors (Lipinski definition) is 6. The highest BCUT2D eigenvalue weighted by Gasteiger charge is 2.49. The number of rotatable bonds is 11. The van der Waals surface area contributed by atoms with E-state index in [9.17, 15) is 9.59 Å². The average molecular weight is 488 g/mol. The Hall–Kier alpha value is -3.64. The summed E-state index contributed by atoms with van der Waals surface area (Å²) in [6.07, 6.45) is 2.03. The third-order valence-electron chi connectivity index (χ3n) is 6.55. The summed E-state index contributed by atoms with van der Waals surface area (Å²) in [5.41, 5.74) is 1.64. The Bertz CT molecular complexity index is 1110. The largest absolute Gasteiger partial charge is 0.491 e. The molecule has 1 aliphatic heterocycles. The van der Waals surface area contributed by atoms with Crippen LogP contribution in [-0.2, 0) is 26.3 Å². The number of ketones is 1. The summed E-state index contributed by atoms with van der Waals surface area (Å²) < 4.78 is 11.7. The standard InChI is InChI=1S/C30H33NO5/c1-2-19-31(25-11-7-4-8-12-25)28-27(33)22-30(36-29(28)34,18-17-23-9-5-3-6-10-23)24-13-15-26(16-14-24)35-21-20-32/h3-16,28,32H,2,17-22H2,1H3. The maximum Gasteiger partial charge on any atom is 0.337 e. The molecule has 1 fully saturated rings. The second-order valence-electron chi connectivity index (χ2n) is 9.07. The number of carbonyl (C=O) groups is 2. The number of esters is 1. The van der Waals surface area contributed by atoms with Crippen molar-refractivity contribution in [2.45, 2.75) is 44.2 Å². The van der Waals surface area contributed by atoms with Crippen LogP contribution in [0.2, 0.25) is 0 Å². The third kappa shape index (κ3) is 5.77. The number of ether oxygens (including phenoxy) is 2. The van der Waals surface area contributed by atoms with Crippen molar-refractivity contribution in [3.63, 3.8) is 0 Å². The summed E-state index contributed by atoms with van der Waals surface area (Å²) >= 11 is 0. The fourth-order valence-electron chi connectivity index (χ4n) is 4.82. The van der Waals surface area contributed by atoms with E-state index in [-0.39, 0.29) is 25.4 Å². The molecule has 0 bridgehead atoms. The molecule has 3 aromatic rings. The number of Topliss-reactive ketones (excluding diaryl/α,β-unsaturated/α-hetero) is 1. The molecule has 36 heavy (non-hydrogen) atoms. The lowest BCUT2D eigenvalue weighted by molar-refractivity contribution is -0.175. The molecule has 3 aromatic carbocycles. The predicted octanol–water partition coefficient (Wildman–Crippen LogP) is 4.69. The topological polar surface area (TPSA) is 76.1 Å². The second-order valence-corrected chi connectivity index (χ2v) is 9.07. The van der Waals surface area contributed by atoms with E-state index in [4.69, 9.17) is 14.6 Å². The minimum absolute atomic E-state index is 0.0774. The molecule has 4 rings (SSSR count). The smallest absolute Gasteiger partial charge is 0.337 e. The van der Waals surface area contributed by atoms with E-state index in [1.807, 2.05) is 84.6 Å². The molecule has 0 aromatic heterocycles. The maximum absolute atomic E-state index is 13.7. The number of cyclic esters (lactones) is 1. The van der Waals surface area contributed by atoms with Gasteiger partial charge in [0.15, 0.2) is 11.8 Å². The lowest BCUT2D eigenvalue weighted by Crippen LogP contribution is -2.56. The number of benzene rings is 3. The Morgan fingerprint density at radius 1 is 0.972 bits per heavy atom. The highest BCUT2D eigenvalue weighted by atomic mass is 16.6. The van der Waals surface area contributed by atoms with E-state index in [1.54, 1.807) is 12.1 Å². The highest BCUT2D eigenvalue weighted by Crippen LogP contribution is 2.40. The van der Waals surface area contributed by atoms with Crippen molar-refractivity contribution in [1.29, 1.82) is 0 Å². The Morgan fingerprint density at radius 3 is 2.25 bits per heavy atom. The first kappa shape index (κ1) is 25.5. The van der Waals surface area contributed by atoms with Crippen LogP contribution in [-0.4, -0.2) is 42.7 Å². The Kier molecular flexibility index (Phi) is 8.39. The molecule has 0 spiro atoms. The summed E-state index contributed by atoms with van der Waals surface area (Å²) in [6, 6.07) is 25.8. The monoisotopic (exact) mass is 487 g/mol. The van der Waals surface area contributed by atoms with Crippen molar-refractivity contribution in [2.24, 2.45) is 0 Å². The van der Waals surface area contributed by atoms with Crippen LogP contribution in [0.1, 0.15) is 37.3 Å². The number of aliphatic hydroxyl groups excluding tert-OH is 1. The number of hydrogen-bond donors (Lipinski definition) is 1. The minimum Gasteiger partial charge on any atom is -0.491 e. The number of anilines is 1. The van der Waals surface area contributed by atoms with Crippen LogP contribution in [0.5, 0.6) is 5.75 Å². The van der Waals surface area contributed by atoms with Gasteiger partial charge in [-0.3, -0.25) is 4.79 Å². The highest BCUT2D eigenvalue weighted by molar-refractivity contribution is 6.08. The molecular weight excluding hydrogens is 454 g/mol. The molecule has 0 amide bonds. The Balaban J connectivity index is 1.64. The van der Waals surface area contributed by atoms with Crippen LogP contribution in [0, 0.1) is 0 Å². The first-order valence-electron chi connectivity index (χ1n) is 12.5. The molecule has 1 heterocycles. The van der Waals surface area contributed by atoms with Crippen molar-refractivity contribution < 1.29 is 24.2 Å². The zero-order valence-corrected chi connectivity index (χ0v) is 20.6. The van der Waals surface area contributed by atoms with Gasteiger partial charge in [0.05, 0.1) is 13.0 Å². The first-order valence-corrected chi connectivity index (χ1v) is 12.5. The second kappa shape index (κ2) is 11.9. The Morgan fingerprint density at radius 2 is 1.64 bits per heavy atom. The van der Waals surface area contributed by atoms with Crippen LogP contribution in [0.4, 0.5) is 5.69 Å². The zero-order valence-electron chi connectivity index (χ0n) is 20.6. The number of nitrogens with zero attached hydrogens (tertiary/aromatic N) is 1. The van der Waals surface area contributed by atoms with Crippen LogP contribution in [0.3, 0.4) is 0 Å². The zero-order chi connectivity index (χ0) is 25.4. The number of aryl methyl sites for hydroxylation is 1. The molecular formula is C30H33NO5. The van der Waals surface area contributed by atoms with E-state index >= 15 is 0 Å². The van der Waals surface area contributed by atoms with E-state index < -0.39 is 17.6 Å². The van der Waals surface area contributed by atoms with Crippen LogP contribution in [0.25, 0.3) is 0 Å². The molecule has 188 valence electrons. The molecule has 1 aliphatic rings. The predicted molar refractivity (Wildman–Crippen MR) is 139 cm³/mol. The molecule has 2 atom stereocenters. The lowest BCUT2D eigenvalue weighted by Gasteiger charge is -2.42. The van der Waals surface area contributed by atoms with Crippen LogP contribution >= 0.6 is 0 Å². The maximum atomic E-state index is 13.7.